The molecule has 0 atom stereocenters. The van der Waals surface area contributed by atoms with Crippen molar-refractivity contribution >= 4 is 29.3 Å². The Balaban J connectivity index is 1.87. The van der Waals surface area contributed by atoms with Crippen molar-refractivity contribution in [2.24, 2.45) is 0 Å². The van der Waals surface area contributed by atoms with Gasteiger partial charge in [0.15, 0.2) is 6.61 Å². The molecule has 0 fully saturated rings. The Bertz CT molecular complexity index is 1190. The van der Waals surface area contributed by atoms with Gasteiger partial charge in [-0.1, -0.05) is 22.8 Å². The Morgan fingerprint density at radius 3 is 2.38 bits per heavy atom. The van der Waals surface area contributed by atoms with Gasteiger partial charge in [-0.15, -0.1) is 0 Å². The molecular formula is C22H20ClFN2O6. The van der Waals surface area contributed by atoms with Crippen LogP contribution in [0, 0.1) is 26.6 Å². The van der Waals surface area contributed by atoms with Crippen LogP contribution in [-0.4, -0.2) is 41.1 Å². The number of esters is 2. The molecule has 10 heteroatoms. The summed E-state index contributed by atoms with van der Waals surface area (Å²) in [5.74, 6) is -2.85. The molecule has 32 heavy (non-hydrogen) atoms. The highest BCUT2D eigenvalue weighted by molar-refractivity contribution is 6.33. The molecule has 8 nitrogen and oxygen atoms in total. The van der Waals surface area contributed by atoms with E-state index < -0.39 is 30.1 Å². The predicted molar refractivity (Wildman–Crippen MR) is 112 cm³/mol. The molecule has 0 amide bonds. The van der Waals surface area contributed by atoms with E-state index in [-0.39, 0.29) is 45.3 Å². The number of aryl methyl sites for hydroxylation is 3. The van der Waals surface area contributed by atoms with Gasteiger partial charge in [0.1, 0.15) is 22.8 Å². The number of carbonyl (C=O) groups excluding carboxylic acids is 3. The normalized spacial score (nSPS) is 10.8. The highest BCUT2D eigenvalue weighted by Gasteiger charge is 2.29. The number of H-pyrrole nitrogens is 1. The molecule has 1 aromatic carbocycles. The second kappa shape index (κ2) is 9.35. The molecule has 2 heterocycles. The highest BCUT2D eigenvalue weighted by Crippen LogP contribution is 2.33. The van der Waals surface area contributed by atoms with Gasteiger partial charge in [0.2, 0.25) is 5.78 Å². The molecule has 0 radical (unpaired) electrons. The molecule has 0 spiro atoms. The van der Waals surface area contributed by atoms with Crippen molar-refractivity contribution in [3.8, 4) is 11.3 Å². The van der Waals surface area contributed by atoms with Gasteiger partial charge >= 0.3 is 11.9 Å². The third-order valence-electron chi connectivity index (χ3n) is 4.73. The molecule has 168 valence electrons. The number of aromatic amines is 1. The van der Waals surface area contributed by atoms with Crippen molar-refractivity contribution in [3.05, 3.63) is 62.9 Å². The zero-order chi connectivity index (χ0) is 23.6. The van der Waals surface area contributed by atoms with E-state index in [2.05, 4.69) is 10.1 Å². The van der Waals surface area contributed by atoms with Gasteiger partial charge in [0, 0.05) is 11.4 Å². The summed E-state index contributed by atoms with van der Waals surface area (Å²) in [7, 11) is 0. The van der Waals surface area contributed by atoms with Crippen molar-refractivity contribution in [2.45, 2.75) is 27.7 Å². The molecule has 2 aromatic heterocycles. The van der Waals surface area contributed by atoms with Crippen LogP contribution in [0.25, 0.3) is 11.3 Å². The summed E-state index contributed by atoms with van der Waals surface area (Å²) in [5, 5.41) is 3.77. The molecule has 0 saturated carbocycles. The second-order valence-electron chi connectivity index (χ2n) is 6.90. The standard InChI is InChI=1S/C22H20ClFN2O6/c1-5-30-21(28)17-11(3)25-10(2)16(17)15(27)9-31-22(29)18-12(4)32-26-20(18)19-13(23)7-6-8-14(19)24/h6-8,25H,5,9H2,1-4H3. The van der Waals surface area contributed by atoms with Crippen molar-refractivity contribution < 1.29 is 32.8 Å². The fraction of sp³-hybridized carbons (Fsp3) is 0.273. The maximum atomic E-state index is 14.3. The van der Waals surface area contributed by atoms with E-state index in [0.29, 0.717) is 11.4 Å². The summed E-state index contributed by atoms with van der Waals surface area (Å²) in [4.78, 5) is 40.7. The van der Waals surface area contributed by atoms with E-state index in [9.17, 15) is 18.8 Å². The third kappa shape index (κ3) is 4.29. The number of nitrogens with zero attached hydrogens (tertiary/aromatic N) is 1. The first-order valence-electron chi connectivity index (χ1n) is 9.64. The molecule has 0 aliphatic rings. The van der Waals surface area contributed by atoms with E-state index >= 15 is 0 Å². The van der Waals surface area contributed by atoms with Crippen LogP contribution in [0.15, 0.2) is 22.7 Å². The Kier molecular flexibility index (Phi) is 6.78. The quantitative estimate of drug-likeness (QED) is 0.403. The molecule has 0 bridgehead atoms. The van der Waals surface area contributed by atoms with Crippen LogP contribution >= 0.6 is 11.6 Å². The number of aromatic nitrogens is 2. The van der Waals surface area contributed by atoms with Gasteiger partial charge in [-0.25, -0.2) is 14.0 Å². The lowest BCUT2D eigenvalue weighted by atomic mass is 10.0. The van der Waals surface area contributed by atoms with Crippen molar-refractivity contribution in [2.75, 3.05) is 13.2 Å². The minimum absolute atomic E-state index is 0.0286. The minimum atomic E-state index is -0.950. The number of ketones is 1. The van der Waals surface area contributed by atoms with Crippen LogP contribution in [0.1, 0.15) is 55.1 Å². The van der Waals surface area contributed by atoms with E-state index in [1.165, 1.54) is 19.1 Å². The number of hydrogen-bond acceptors (Lipinski definition) is 7. The molecule has 0 aliphatic carbocycles. The number of rotatable bonds is 7. The smallest absolute Gasteiger partial charge is 0.344 e. The number of Topliss-reactive ketones (excluding diaryl/α,β-unsaturated/α-hetero) is 1. The van der Waals surface area contributed by atoms with Gasteiger partial charge in [0.25, 0.3) is 0 Å². The van der Waals surface area contributed by atoms with E-state index in [1.807, 2.05) is 0 Å². The van der Waals surface area contributed by atoms with Crippen LogP contribution in [0.4, 0.5) is 4.39 Å². The van der Waals surface area contributed by atoms with Crippen molar-refractivity contribution in [1.82, 2.24) is 10.1 Å². The summed E-state index contributed by atoms with van der Waals surface area (Å²) in [6.45, 7) is 5.82. The van der Waals surface area contributed by atoms with Crippen LogP contribution in [0.5, 0.6) is 0 Å². The lowest BCUT2D eigenvalue weighted by molar-refractivity contribution is 0.0471. The monoisotopic (exact) mass is 462 g/mol. The first-order chi connectivity index (χ1) is 15.2. The van der Waals surface area contributed by atoms with Gasteiger partial charge in [-0.3, -0.25) is 4.79 Å². The van der Waals surface area contributed by atoms with Crippen molar-refractivity contribution in [3.63, 3.8) is 0 Å². The van der Waals surface area contributed by atoms with Crippen LogP contribution < -0.4 is 0 Å². The molecule has 1 N–H and O–H groups in total. The Morgan fingerprint density at radius 2 is 1.72 bits per heavy atom. The molecule has 0 aliphatic heterocycles. The number of carbonyl (C=O) groups is 3. The SMILES string of the molecule is CCOC(=O)c1c(C)[nH]c(C)c1C(=O)COC(=O)c1c(-c2c(F)cccc2Cl)noc1C. The van der Waals surface area contributed by atoms with Gasteiger partial charge < -0.3 is 19.0 Å². The third-order valence-corrected chi connectivity index (χ3v) is 5.05. The number of benzene rings is 1. The number of nitrogens with one attached hydrogen (secondary N) is 1. The van der Waals surface area contributed by atoms with Crippen LogP contribution in [0.3, 0.4) is 0 Å². The van der Waals surface area contributed by atoms with Gasteiger partial charge in [-0.05, 0) is 39.8 Å². The summed E-state index contributed by atoms with van der Waals surface area (Å²) >= 11 is 6.07. The fourth-order valence-corrected chi connectivity index (χ4v) is 3.62. The van der Waals surface area contributed by atoms with Crippen molar-refractivity contribution in [1.29, 1.82) is 0 Å². The molecule has 0 unspecified atom stereocenters. The lowest BCUT2D eigenvalue weighted by Gasteiger charge is -2.08. The average molecular weight is 463 g/mol. The second-order valence-corrected chi connectivity index (χ2v) is 7.31. The lowest BCUT2D eigenvalue weighted by Crippen LogP contribution is -2.18. The topological polar surface area (TPSA) is 111 Å². The van der Waals surface area contributed by atoms with Gasteiger partial charge in [-0.2, -0.15) is 0 Å². The number of halogens is 2. The van der Waals surface area contributed by atoms with E-state index in [0.717, 1.165) is 6.07 Å². The van der Waals surface area contributed by atoms with Crippen LogP contribution in [-0.2, 0) is 9.47 Å². The Hall–Kier alpha value is -3.46. The van der Waals surface area contributed by atoms with Gasteiger partial charge in [0.05, 0.1) is 28.3 Å². The van der Waals surface area contributed by atoms with Crippen LogP contribution in [0.2, 0.25) is 5.02 Å². The molecular weight excluding hydrogens is 443 g/mol. The highest BCUT2D eigenvalue weighted by atomic mass is 35.5. The fourth-order valence-electron chi connectivity index (χ4n) is 3.37. The average Bonchev–Trinajstić information content (AvgIpc) is 3.24. The minimum Gasteiger partial charge on any atom is -0.462 e. The first-order valence-corrected chi connectivity index (χ1v) is 10.0. The maximum Gasteiger partial charge on any atom is 0.344 e. The zero-order valence-corrected chi connectivity index (χ0v) is 18.6. The molecule has 3 aromatic rings. The molecule has 0 saturated heterocycles. The predicted octanol–water partition coefficient (Wildman–Crippen LogP) is 4.60. The summed E-state index contributed by atoms with van der Waals surface area (Å²) in [5.41, 5.74) is 0.652. The summed E-state index contributed by atoms with van der Waals surface area (Å²) in [6.07, 6.45) is 0. The largest absolute Gasteiger partial charge is 0.462 e. The van der Waals surface area contributed by atoms with E-state index in [1.54, 1.807) is 20.8 Å². The Labute approximate surface area is 187 Å². The number of ether oxygens (including phenoxy) is 2. The zero-order valence-electron chi connectivity index (χ0n) is 17.8. The first kappa shape index (κ1) is 23.2. The van der Waals surface area contributed by atoms with E-state index in [4.69, 9.17) is 25.6 Å². The number of hydrogen-bond donors (Lipinski definition) is 1. The summed E-state index contributed by atoms with van der Waals surface area (Å²) < 4.78 is 29.6. The maximum absolute atomic E-state index is 14.3. The summed E-state index contributed by atoms with van der Waals surface area (Å²) in [6, 6.07) is 4.02. The molecule has 3 rings (SSSR count). The Morgan fingerprint density at radius 1 is 1.06 bits per heavy atom.